The van der Waals surface area contributed by atoms with Crippen LogP contribution in [0.2, 0.25) is 0 Å². The number of ether oxygens (including phenoxy) is 2. The number of nitrogen functional groups attached to an aromatic ring is 2. The first kappa shape index (κ1) is 32.7. The third-order valence-electron chi connectivity index (χ3n) is 6.06. The molecule has 0 aliphatic heterocycles. The number of esters is 1. The van der Waals surface area contributed by atoms with Crippen LogP contribution in [0.5, 0.6) is 11.5 Å². The molecule has 0 radical (unpaired) electrons. The van der Waals surface area contributed by atoms with Crippen LogP contribution in [0.15, 0.2) is 87.2 Å². The van der Waals surface area contributed by atoms with Crippen LogP contribution in [-0.4, -0.2) is 34.9 Å². The Morgan fingerprint density at radius 3 is 1.98 bits per heavy atom. The van der Waals surface area contributed by atoms with Gasteiger partial charge in [-0.25, -0.2) is 9.97 Å². The molecular formula is C31H32N10O5. The number of nitrogens with two attached hydrogens (primary N) is 2. The van der Waals surface area contributed by atoms with E-state index in [-0.39, 0.29) is 59.1 Å². The molecule has 0 atom stereocenters. The normalized spacial score (nSPS) is 11.0. The fourth-order valence-corrected chi connectivity index (χ4v) is 3.94. The van der Waals surface area contributed by atoms with Gasteiger partial charge in [-0.3, -0.25) is 14.4 Å². The zero-order valence-electron chi connectivity index (χ0n) is 25.4. The highest BCUT2D eigenvalue weighted by atomic mass is 16.5. The number of amides is 2. The van der Waals surface area contributed by atoms with E-state index in [9.17, 15) is 14.4 Å². The van der Waals surface area contributed by atoms with Crippen LogP contribution < -0.4 is 31.6 Å². The fraction of sp³-hybridized carbons (Fsp3) is 0.194. The Hall–Kier alpha value is -6.25. The standard InChI is InChI=1S/C31H32N10O5/c1-4-7-29(44)46-25-13-10-19(16-23(25)41-40-22-11-14-26(34-18(2)42)36-30(22)32)17-28(43)35-27-15-12-21(31(33)37-27)39-38-20-8-5-6-9-24(20)45-3/h5-6,8-16H,4,7,17H2,1-3H3,(H3,32,34,36,42)(H3,33,35,37,43)/b39-38+,41-40+. The SMILES string of the molecule is CCCC(=O)Oc1ccc(CC(=O)Nc2ccc(/N=N/c3ccccc3OC)c(N)n2)cc1/N=N/c1ccc(NC(C)=O)nc1N. The molecule has 4 aromatic rings. The van der Waals surface area contributed by atoms with E-state index >= 15 is 0 Å². The topological polar surface area (TPSA) is 221 Å². The zero-order valence-corrected chi connectivity index (χ0v) is 25.4. The van der Waals surface area contributed by atoms with Gasteiger partial charge in [-0.05, 0) is 60.5 Å². The number of benzene rings is 2. The number of anilines is 4. The highest BCUT2D eigenvalue weighted by molar-refractivity contribution is 5.92. The highest BCUT2D eigenvalue weighted by Crippen LogP contribution is 2.33. The monoisotopic (exact) mass is 624 g/mol. The maximum absolute atomic E-state index is 12.9. The quantitative estimate of drug-likeness (QED) is 0.0784. The number of para-hydroxylation sites is 1. The zero-order chi connectivity index (χ0) is 33.1. The van der Waals surface area contributed by atoms with Crippen molar-refractivity contribution in [3.8, 4) is 11.5 Å². The summed E-state index contributed by atoms with van der Waals surface area (Å²) in [4.78, 5) is 44.7. The summed E-state index contributed by atoms with van der Waals surface area (Å²) in [5.74, 6) is 0.130. The van der Waals surface area contributed by atoms with Crippen molar-refractivity contribution in [2.75, 3.05) is 29.2 Å². The molecule has 0 aliphatic rings. The van der Waals surface area contributed by atoms with E-state index in [0.717, 1.165) is 0 Å². The first-order chi connectivity index (χ1) is 22.1. The molecule has 2 heterocycles. The first-order valence-electron chi connectivity index (χ1n) is 14.1. The Kier molecular flexibility index (Phi) is 11.0. The number of rotatable bonds is 12. The number of methoxy groups -OCH3 is 1. The smallest absolute Gasteiger partial charge is 0.311 e. The minimum atomic E-state index is -0.445. The predicted octanol–water partition coefficient (Wildman–Crippen LogP) is 6.33. The van der Waals surface area contributed by atoms with Crippen LogP contribution >= 0.6 is 0 Å². The van der Waals surface area contributed by atoms with Crippen LogP contribution in [0.4, 0.5) is 46.0 Å². The lowest BCUT2D eigenvalue weighted by Gasteiger charge is -2.10. The van der Waals surface area contributed by atoms with E-state index < -0.39 is 11.9 Å². The van der Waals surface area contributed by atoms with Crippen LogP contribution in [-0.2, 0) is 20.8 Å². The maximum atomic E-state index is 12.9. The molecule has 0 saturated heterocycles. The van der Waals surface area contributed by atoms with Crippen molar-refractivity contribution in [2.24, 2.45) is 20.5 Å². The number of carbonyl (C=O) groups is 3. The average molecular weight is 625 g/mol. The Morgan fingerprint density at radius 1 is 0.761 bits per heavy atom. The molecule has 236 valence electrons. The van der Waals surface area contributed by atoms with Gasteiger partial charge in [0.05, 0.1) is 13.5 Å². The van der Waals surface area contributed by atoms with Crippen molar-refractivity contribution in [3.63, 3.8) is 0 Å². The summed E-state index contributed by atoms with van der Waals surface area (Å²) >= 11 is 0. The Labute approximate surface area is 264 Å². The first-order valence-corrected chi connectivity index (χ1v) is 14.1. The van der Waals surface area contributed by atoms with E-state index in [1.165, 1.54) is 32.2 Å². The van der Waals surface area contributed by atoms with Gasteiger partial charge in [0.1, 0.15) is 40.1 Å². The molecule has 46 heavy (non-hydrogen) atoms. The summed E-state index contributed by atoms with van der Waals surface area (Å²) in [6, 6.07) is 18.0. The van der Waals surface area contributed by atoms with Crippen molar-refractivity contribution in [2.45, 2.75) is 33.1 Å². The highest BCUT2D eigenvalue weighted by Gasteiger charge is 2.14. The maximum Gasteiger partial charge on any atom is 0.311 e. The lowest BCUT2D eigenvalue weighted by atomic mass is 10.1. The van der Waals surface area contributed by atoms with E-state index in [2.05, 4.69) is 41.1 Å². The third-order valence-corrected chi connectivity index (χ3v) is 6.06. The second-order valence-corrected chi connectivity index (χ2v) is 9.71. The van der Waals surface area contributed by atoms with Gasteiger partial charge in [0.2, 0.25) is 11.8 Å². The number of aromatic nitrogens is 2. The second-order valence-electron chi connectivity index (χ2n) is 9.71. The van der Waals surface area contributed by atoms with Crippen LogP contribution in [0.3, 0.4) is 0 Å². The number of nitrogens with zero attached hydrogens (tertiary/aromatic N) is 6. The summed E-state index contributed by atoms with van der Waals surface area (Å²) in [6.07, 6.45) is 0.734. The summed E-state index contributed by atoms with van der Waals surface area (Å²) in [6.45, 7) is 3.20. The molecule has 0 bridgehead atoms. The summed E-state index contributed by atoms with van der Waals surface area (Å²) in [7, 11) is 1.54. The summed E-state index contributed by atoms with van der Waals surface area (Å²) in [5.41, 5.74) is 13.8. The van der Waals surface area contributed by atoms with Crippen LogP contribution in [0.1, 0.15) is 32.3 Å². The molecule has 4 rings (SSSR count). The molecule has 0 fully saturated rings. The van der Waals surface area contributed by atoms with E-state index in [1.54, 1.807) is 42.5 Å². The van der Waals surface area contributed by atoms with Gasteiger partial charge in [-0.2, -0.15) is 0 Å². The van der Waals surface area contributed by atoms with Crippen molar-refractivity contribution in [1.82, 2.24) is 9.97 Å². The van der Waals surface area contributed by atoms with Gasteiger partial charge >= 0.3 is 5.97 Å². The third kappa shape index (κ3) is 9.12. The number of pyridine rings is 2. The van der Waals surface area contributed by atoms with Gasteiger partial charge in [0.25, 0.3) is 0 Å². The predicted molar refractivity (Wildman–Crippen MR) is 172 cm³/mol. The number of azo groups is 2. The van der Waals surface area contributed by atoms with Gasteiger partial charge in [0.15, 0.2) is 17.4 Å². The molecule has 0 spiro atoms. The molecule has 15 nitrogen and oxygen atoms in total. The molecule has 2 amide bonds. The summed E-state index contributed by atoms with van der Waals surface area (Å²) in [5, 5.41) is 21.9. The molecule has 2 aromatic carbocycles. The van der Waals surface area contributed by atoms with Crippen LogP contribution in [0, 0.1) is 0 Å². The number of hydrogen-bond donors (Lipinski definition) is 4. The van der Waals surface area contributed by atoms with Crippen molar-refractivity contribution < 1.29 is 23.9 Å². The molecule has 0 aliphatic carbocycles. The van der Waals surface area contributed by atoms with E-state index in [4.69, 9.17) is 20.9 Å². The molecular weight excluding hydrogens is 592 g/mol. The van der Waals surface area contributed by atoms with Gasteiger partial charge in [-0.15, -0.1) is 20.5 Å². The van der Waals surface area contributed by atoms with E-state index in [1.807, 2.05) is 13.0 Å². The minimum Gasteiger partial charge on any atom is -0.494 e. The molecule has 0 saturated carbocycles. The van der Waals surface area contributed by atoms with Crippen molar-refractivity contribution in [3.05, 3.63) is 72.3 Å². The fourth-order valence-electron chi connectivity index (χ4n) is 3.94. The van der Waals surface area contributed by atoms with Crippen molar-refractivity contribution >= 4 is 63.8 Å². The number of carbonyl (C=O) groups excluding carboxylic acids is 3. The average Bonchev–Trinajstić information content (AvgIpc) is 3.01. The van der Waals surface area contributed by atoms with Crippen molar-refractivity contribution in [1.29, 1.82) is 0 Å². The number of hydrogen-bond acceptors (Lipinski definition) is 13. The van der Waals surface area contributed by atoms with Gasteiger partial charge in [0, 0.05) is 13.3 Å². The van der Waals surface area contributed by atoms with Crippen LogP contribution in [0.25, 0.3) is 0 Å². The minimum absolute atomic E-state index is 0.0223. The Bertz CT molecular complexity index is 1810. The Morgan fingerprint density at radius 2 is 1.37 bits per heavy atom. The van der Waals surface area contributed by atoms with E-state index in [0.29, 0.717) is 29.1 Å². The summed E-state index contributed by atoms with van der Waals surface area (Å²) < 4.78 is 10.7. The van der Waals surface area contributed by atoms with Gasteiger partial charge < -0.3 is 31.6 Å². The number of nitrogens with one attached hydrogen (secondary N) is 2. The molecule has 0 unspecified atom stereocenters. The molecule has 15 heteroatoms. The lowest BCUT2D eigenvalue weighted by Crippen LogP contribution is -2.15. The largest absolute Gasteiger partial charge is 0.494 e. The molecule has 6 N–H and O–H groups in total. The molecule has 2 aromatic heterocycles. The second kappa shape index (κ2) is 15.5. The van der Waals surface area contributed by atoms with Gasteiger partial charge in [-0.1, -0.05) is 25.1 Å². The Balaban J connectivity index is 1.49. The lowest BCUT2D eigenvalue weighted by molar-refractivity contribution is -0.134.